The third-order valence-electron chi connectivity index (χ3n) is 2.56. The molecule has 1 aliphatic heterocycles. The van der Waals surface area contributed by atoms with Gasteiger partial charge in [0, 0.05) is 12.1 Å². The molecule has 0 aromatic heterocycles. The number of nitrogens with one attached hydrogen (secondary N) is 1. The van der Waals surface area contributed by atoms with E-state index in [0.717, 1.165) is 4.90 Å². The van der Waals surface area contributed by atoms with Crippen LogP contribution < -0.4 is 20.9 Å². The van der Waals surface area contributed by atoms with E-state index >= 15 is 0 Å². The van der Waals surface area contributed by atoms with Crippen molar-refractivity contribution in [3.8, 4) is 5.75 Å². The molecule has 0 saturated carbocycles. The first-order chi connectivity index (χ1) is 9.02. The van der Waals surface area contributed by atoms with Crippen molar-refractivity contribution in [3.63, 3.8) is 0 Å². The lowest BCUT2D eigenvalue weighted by atomic mass is 10.2. The van der Waals surface area contributed by atoms with Crippen molar-refractivity contribution in [3.05, 3.63) is 28.3 Å². The fraction of sp³-hybridized carbons (Fsp3) is 0.200. The highest BCUT2D eigenvalue weighted by Gasteiger charge is 2.28. The molecular formula is C10H10N4O5. The van der Waals surface area contributed by atoms with Crippen LogP contribution in [0, 0.1) is 10.1 Å². The molecule has 1 aliphatic rings. The molecule has 19 heavy (non-hydrogen) atoms. The normalized spacial score (nSPS) is 13.5. The van der Waals surface area contributed by atoms with E-state index in [1.54, 1.807) is 0 Å². The van der Waals surface area contributed by atoms with E-state index < -0.39 is 16.7 Å². The topological polar surface area (TPSA) is 128 Å². The van der Waals surface area contributed by atoms with E-state index in [4.69, 9.17) is 10.6 Å². The second-order valence-corrected chi connectivity index (χ2v) is 3.75. The minimum Gasteiger partial charge on any atom is -0.482 e. The van der Waals surface area contributed by atoms with Crippen molar-refractivity contribution in [2.24, 2.45) is 5.84 Å². The summed E-state index contributed by atoms with van der Waals surface area (Å²) < 4.78 is 5.14. The van der Waals surface area contributed by atoms with Gasteiger partial charge in [-0.1, -0.05) is 0 Å². The zero-order chi connectivity index (χ0) is 14.0. The van der Waals surface area contributed by atoms with Gasteiger partial charge in [-0.15, -0.1) is 0 Å². The van der Waals surface area contributed by atoms with Crippen LogP contribution in [0.4, 0.5) is 11.4 Å². The summed E-state index contributed by atoms with van der Waals surface area (Å²) >= 11 is 0. The summed E-state index contributed by atoms with van der Waals surface area (Å²) in [4.78, 5) is 34.2. The lowest BCUT2D eigenvalue weighted by Gasteiger charge is -2.28. The number of hydrogen-bond donors (Lipinski definition) is 2. The van der Waals surface area contributed by atoms with Crippen LogP contribution in [-0.4, -0.2) is 29.9 Å². The molecule has 0 unspecified atom stereocenters. The van der Waals surface area contributed by atoms with E-state index in [0.29, 0.717) is 5.75 Å². The first-order valence-electron chi connectivity index (χ1n) is 5.24. The minimum absolute atomic E-state index is 0.175. The smallest absolute Gasteiger partial charge is 0.271 e. The summed E-state index contributed by atoms with van der Waals surface area (Å²) in [6.07, 6.45) is 0. The number of non-ortho nitro benzene ring substituents is 1. The van der Waals surface area contributed by atoms with Gasteiger partial charge >= 0.3 is 0 Å². The first-order valence-corrected chi connectivity index (χ1v) is 5.24. The Hall–Kier alpha value is -2.68. The number of carbonyl (C=O) groups is 2. The number of anilines is 1. The largest absolute Gasteiger partial charge is 0.482 e. The maximum Gasteiger partial charge on any atom is 0.271 e. The zero-order valence-electron chi connectivity index (χ0n) is 9.66. The third-order valence-corrected chi connectivity index (χ3v) is 2.56. The molecule has 0 radical (unpaired) electrons. The monoisotopic (exact) mass is 266 g/mol. The van der Waals surface area contributed by atoms with Gasteiger partial charge in [0.2, 0.25) is 0 Å². The number of amides is 2. The Morgan fingerprint density at radius 3 is 2.95 bits per heavy atom. The Kier molecular flexibility index (Phi) is 3.29. The molecule has 0 saturated heterocycles. The Balaban J connectivity index is 2.41. The summed E-state index contributed by atoms with van der Waals surface area (Å²) in [6.45, 7) is -0.560. The standard InChI is InChI=1S/C10H10N4O5/c11-12-9(15)4-13-7-3-6(14(17)18)1-2-8(7)19-5-10(13)16/h1-3H,4-5,11H2,(H,12,15). The van der Waals surface area contributed by atoms with Crippen LogP contribution in [0.1, 0.15) is 0 Å². The lowest BCUT2D eigenvalue weighted by molar-refractivity contribution is -0.384. The minimum atomic E-state index is -0.597. The van der Waals surface area contributed by atoms with Crippen LogP contribution >= 0.6 is 0 Å². The van der Waals surface area contributed by atoms with Gasteiger partial charge < -0.3 is 4.74 Å². The number of ether oxygens (including phenoxy) is 1. The predicted molar refractivity (Wildman–Crippen MR) is 63.3 cm³/mol. The average Bonchev–Trinajstić information content (AvgIpc) is 2.41. The van der Waals surface area contributed by atoms with Crippen molar-refractivity contribution < 1.29 is 19.2 Å². The Morgan fingerprint density at radius 2 is 2.32 bits per heavy atom. The van der Waals surface area contributed by atoms with E-state index in [2.05, 4.69) is 0 Å². The summed E-state index contributed by atoms with van der Waals surface area (Å²) in [6, 6.07) is 3.82. The predicted octanol–water partition coefficient (Wildman–Crippen LogP) is -0.690. The fourth-order valence-corrected chi connectivity index (χ4v) is 1.67. The fourth-order valence-electron chi connectivity index (χ4n) is 1.67. The van der Waals surface area contributed by atoms with E-state index in [1.807, 2.05) is 5.43 Å². The molecule has 9 heteroatoms. The molecule has 1 aromatic carbocycles. The Bertz CT molecular complexity index is 559. The van der Waals surface area contributed by atoms with Crippen molar-refractivity contribution in [1.82, 2.24) is 5.43 Å². The van der Waals surface area contributed by atoms with Crippen LogP contribution in [-0.2, 0) is 9.59 Å². The van der Waals surface area contributed by atoms with Crippen molar-refractivity contribution in [2.45, 2.75) is 0 Å². The average molecular weight is 266 g/mol. The number of nitrogens with two attached hydrogens (primary N) is 1. The highest BCUT2D eigenvalue weighted by atomic mass is 16.6. The Labute approximate surface area is 107 Å². The van der Waals surface area contributed by atoms with Crippen LogP contribution in [0.25, 0.3) is 0 Å². The zero-order valence-corrected chi connectivity index (χ0v) is 9.66. The molecule has 100 valence electrons. The Morgan fingerprint density at radius 1 is 1.58 bits per heavy atom. The summed E-state index contributed by atoms with van der Waals surface area (Å²) in [5.41, 5.74) is 1.87. The molecule has 0 aliphatic carbocycles. The molecule has 2 rings (SSSR count). The molecule has 0 spiro atoms. The van der Waals surface area contributed by atoms with E-state index in [1.165, 1.54) is 18.2 Å². The number of nitrogens with zero attached hydrogens (tertiary/aromatic N) is 2. The number of fused-ring (bicyclic) bond motifs is 1. The maximum absolute atomic E-state index is 11.7. The van der Waals surface area contributed by atoms with Crippen molar-refractivity contribution in [1.29, 1.82) is 0 Å². The van der Waals surface area contributed by atoms with Crippen LogP contribution in [0.15, 0.2) is 18.2 Å². The molecule has 0 bridgehead atoms. The molecule has 9 nitrogen and oxygen atoms in total. The van der Waals surface area contributed by atoms with Gasteiger partial charge in [0.25, 0.3) is 17.5 Å². The number of rotatable bonds is 3. The summed E-state index contributed by atoms with van der Waals surface area (Å²) in [7, 11) is 0. The van der Waals surface area contributed by atoms with Gasteiger partial charge in [0.1, 0.15) is 12.3 Å². The van der Waals surface area contributed by atoms with Gasteiger partial charge in [-0.3, -0.25) is 30.0 Å². The quantitative estimate of drug-likeness (QED) is 0.322. The van der Waals surface area contributed by atoms with Crippen LogP contribution in [0.3, 0.4) is 0 Å². The first kappa shape index (κ1) is 12.8. The molecule has 1 heterocycles. The van der Waals surface area contributed by atoms with Gasteiger partial charge in [-0.25, -0.2) is 5.84 Å². The number of nitro benzene ring substituents is 1. The number of nitro groups is 1. The maximum atomic E-state index is 11.7. The van der Waals surface area contributed by atoms with Crippen LogP contribution in [0.2, 0.25) is 0 Å². The highest BCUT2D eigenvalue weighted by molar-refractivity contribution is 6.02. The van der Waals surface area contributed by atoms with Crippen molar-refractivity contribution >= 4 is 23.2 Å². The van der Waals surface area contributed by atoms with Gasteiger partial charge in [0.15, 0.2) is 6.61 Å². The van der Waals surface area contributed by atoms with Gasteiger partial charge in [-0.05, 0) is 6.07 Å². The third kappa shape index (κ3) is 2.45. The lowest BCUT2D eigenvalue weighted by Crippen LogP contribution is -2.46. The number of carbonyl (C=O) groups excluding carboxylic acids is 2. The number of hydrogen-bond acceptors (Lipinski definition) is 6. The molecule has 0 fully saturated rings. The SMILES string of the molecule is NNC(=O)CN1C(=O)COc2ccc([N+](=O)[O-])cc21. The molecule has 1 aromatic rings. The van der Waals surface area contributed by atoms with Crippen molar-refractivity contribution in [2.75, 3.05) is 18.1 Å². The number of benzene rings is 1. The summed E-state index contributed by atoms with van der Waals surface area (Å²) in [5.74, 6) is 4.19. The molecular weight excluding hydrogens is 256 g/mol. The molecule has 0 atom stereocenters. The molecule has 2 amide bonds. The van der Waals surface area contributed by atoms with E-state index in [9.17, 15) is 19.7 Å². The summed E-state index contributed by atoms with van der Waals surface area (Å²) in [5, 5.41) is 10.7. The number of hydrazine groups is 1. The van der Waals surface area contributed by atoms with E-state index in [-0.39, 0.29) is 24.5 Å². The second kappa shape index (κ2) is 4.90. The molecule has 3 N–H and O–H groups in total. The van der Waals surface area contributed by atoms with Crippen LogP contribution in [0.5, 0.6) is 5.75 Å². The van der Waals surface area contributed by atoms with Gasteiger partial charge in [-0.2, -0.15) is 0 Å². The second-order valence-electron chi connectivity index (χ2n) is 3.75. The highest BCUT2D eigenvalue weighted by Crippen LogP contribution is 2.34. The van der Waals surface area contributed by atoms with Gasteiger partial charge in [0.05, 0.1) is 10.6 Å².